The molecule has 48 heavy (non-hydrogen) atoms. The molecule has 0 saturated carbocycles. The Bertz CT molecular complexity index is 1800. The molecule has 0 aromatic heterocycles. The van der Waals surface area contributed by atoms with Crippen LogP contribution in [0.25, 0.3) is 21.5 Å². The van der Waals surface area contributed by atoms with Crippen LogP contribution in [0.2, 0.25) is 33.2 Å². The van der Waals surface area contributed by atoms with Gasteiger partial charge in [-0.05, 0) is 126 Å². The largest absolute Gasteiger partial charge is 0.223 e. The molecule has 0 radical (unpaired) electrons. The van der Waals surface area contributed by atoms with Gasteiger partial charge >= 0.3 is 0 Å². The van der Waals surface area contributed by atoms with E-state index >= 15 is 0 Å². The first kappa shape index (κ1) is 34.7. The van der Waals surface area contributed by atoms with E-state index in [0.717, 1.165) is 11.1 Å². The molecule has 2 unspecified atom stereocenters. The zero-order valence-electron chi connectivity index (χ0n) is 31.2. The predicted octanol–water partition coefficient (Wildman–Crippen LogP) is 12.6. The summed E-state index contributed by atoms with van der Waals surface area (Å²) in [4.78, 5) is 12.1. The molecule has 2 bridgehead atoms. The van der Waals surface area contributed by atoms with Crippen LogP contribution in [0.15, 0.2) is 60.7 Å². The van der Waals surface area contributed by atoms with E-state index in [1.807, 2.05) is 0 Å². The van der Waals surface area contributed by atoms with Crippen LogP contribution in [-0.2, 0) is 9.78 Å². The van der Waals surface area contributed by atoms with Crippen LogP contribution in [0.3, 0.4) is 0 Å². The lowest BCUT2D eigenvalue weighted by Crippen LogP contribution is -2.43. The molecule has 0 spiro atoms. The van der Waals surface area contributed by atoms with Gasteiger partial charge in [0.15, 0.2) is 0 Å². The average Bonchev–Trinajstić information content (AvgIpc) is 3.02. The van der Waals surface area contributed by atoms with Gasteiger partial charge in [-0.2, -0.15) is 0 Å². The molecule has 0 amide bonds. The minimum Gasteiger partial charge on any atom is -0.223 e. The van der Waals surface area contributed by atoms with Crippen LogP contribution in [-0.4, -0.2) is 16.1 Å². The third-order valence-corrected chi connectivity index (χ3v) is 24.6. The highest BCUT2D eigenvalue weighted by molar-refractivity contribution is 6.91. The van der Waals surface area contributed by atoms with Crippen molar-refractivity contribution in [3.63, 3.8) is 0 Å². The van der Waals surface area contributed by atoms with E-state index in [-0.39, 0.29) is 12.2 Å². The second kappa shape index (κ2) is 13.0. The lowest BCUT2D eigenvalue weighted by Gasteiger charge is -2.39. The summed E-state index contributed by atoms with van der Waals surface area (Å²) in [6.45, 7) is 28.5. The highest BCUT2D eigenvalue weighted by Gasteiger charge is 2.43. The molecule has 2 aliphatic heterocycles. The summed E-state index contributed by atoms with van der Waals surface area (Å²) in [5.74, 6) is 7.32. The maximum absolute atomic E-state index is 6.06. The van der Waals surface area contributed by atoms with E-state index in [1.54, 1.807) is 0 Å². The smallest absolute Gasteiger partial charge is 0.146 e. The summed E-state index contributed by atoms with van der Waals surface area (Å²) >= 11 is 0. The van der Waals surface area contributed by atoms with E-state index < -0.39 is 16.1 Å². The highest BCUT2D eigenvalue weighted by atomic mass is 28.3. The van der Waals surface area contributed by atoms with Gasteiger partial charge in [0.25, 0.3) is 0 Å². The van der Waals surface area contributed by atoms with Crippen LogP contribution < -0.4 is 0 Å². The van der Waals surface area contributed by atoms with Gasteiger partial charge in [-0.15, -0.1) is 11.1 Å². The molecule has 0 N–H and O–H groups in total. The quantitative estimate of drug-likeness (QED) is 0.115. The third kappa shape index (κ3) is 5.60. The van der Waals surface area contributed by atoms with Crippen molar-refractivity contribution in [2.24, 2.45) is 0 Å². The van der Waals surface area contributed by atoms with E-state index in [1.165, 1.54) is 43.8 Å². The van der Waals surface area contributed by atoms with Crippen LogP contribution in [0.1, 0.15) is 129 Å². The molecule has 250 valence electrons. The number of hydrogen-bond donors (Lipinski definition) is 0. The molecular weight excluding hydrogens is 617 g/mol. The Morgan fingerprint density at radius 2 is 0.708 bits per heavy atom. The first-order valence-corrected chi connectivity index (χ1v) is 22.7. The van der Waals surface area contributed by atoms with Gasteiger partial charge < -0.3 is 0 Å². The van der Waals surface area contributed by atoms with Crippen LogP contribution in [0.4, 0.5) is 0 Å². The van der Waals surface area contributed by atoms with Gasteiger partial charge in [0, 0.05) is 11.1 Å². The Hall–Kier alpha value is -3.13. The lowest BCUT2D eigenvalue weighted by molar-refractivity contribution is -0.360. The van der Waals surface area contributed by atoms with Crippen LogP contribution in [0, 0.1) is 22.9 Å². The Morgan fingerprint density at radius 3 is 1.00 bits per heavy atom. The zero-order valence-corrected chi connectivity index (χ0v) is 33.2. The molecule has 1 aliphatic carbocycles. The summed E-state index contributed by atoms with van der Waals surface area (Å²) in [5.41, 5.74) is 18.5. The molecule has 0 saturated heterocycles. The number of hydrogen-bond acceptors (Lipinski definition) is 2. The van der Waals surface area contributed by atoms with E-state index in [0.29, 0.717) is 33.2 Å². The molecule has 4 heteroatoms. The summed E-state index contributed by atoms with van der Waals surface area (Å²) in [5, 5.41) is 4.83. The van der Waals surface area contributed by atoms with Crippen molar-refractivity contribution in [3.05, 3.63) is 94.0 Å². The maximum atomic E-state index is 6.06. The Labute approximate surface area is 292 Å². The molecular formula is C44H54O2Si2. The molecule has 3 aliphatic rings. The first-order chi connectivity index (χ1) is 22.7. The standard InChI is InChI=1S/C44H54O2Si2/c1-27(2)47(28(3)4,29(5)6)19-17-33-13-15-35-23-39-41(25-37(35)21-33)43-40-24-36-16-14-34(22-38(36)26-42(40)44(39)46-45-43)18-20-48(30(7)8,31(9)10)32(11)12/h13-16,21-32,43-44H,1-12H3. The number of benzene rings is 4. The zero-order chi connectivity index (χ0) is 34.7. The average molecular weight is 671 g/mol. The summed E-state index contributed by atoms with van der Waals surface area (Å²) in [6.07, 6.45) is -0.499. The molecule has 4 aromatic rings. The molecule has 2 nitrogen and oxygen atoms in total. The van der Waals surface area contributed by atoms with Gasteiger partial charge in [-0.3, -0.25) is 0 Å². The van der Waals surface area contributed by atoms with Gasteiger partial charge in [0.2, 0.25) is 0 Å². The second-order valence-electron chi connectivity index (χ2n) is 16.3. The van der Waals surface area contributed by atoms with Gasteiger partial charge in [0.1, 0.15) is 28.4 Å². The van der Waals surface area contributed by atoms with Gasteiger partial charge in [-0.1, -0.05) is 107 Å². The van der Waals surface area contributed by atoms with Crippen molar-refractivity contribution in [1.29, 1.82) is 0 Å². The number of fused-ring (bicyclic) bond motifs is 3. The fourth-order valence-electron chi connectivity index (χ4n) is 9.61. The molecule has 7 rings (SSSR count). The van der Waals surface area contributed by atoms with Crippen molar-refractivity contribution in [1.82, 2.24) is 0 Å². The fourth-order valence-corrected chi connectivity index (χ4v) is 20.1. The van der Waals surface area contributed by atoms with E-state index in [4.69, 9.17) is 9.78 Å². The molecule has 0 fully saturated rings. The number of rotatable bonds is 6. The topological polar surface area (TPSA) is 18.5 Å². The Morgan fingerprint density at radius 1 is 0.417 bits per heavy atom. The molecule has 4 aromatic carbocycles. The first-order valence-electron chi connectivity index (χ1n) is 18.2. The second-order valence-corrected chi connectivity index (χ2v) is 27.5. The summed E-state index contributed by atoms with van der Waals surface area (Å²) in [7, 11) is -3.62. The van der Waals surface area contributed by atoms with Crippen molar-refractivity contribution < 1.29 is 9.78 Å². The van der Waals surface area contributed by atoms with Crippen molar-refractivity contribution in [2.45, 2.75) is 129 Å². The highest BCUT2D eigenvalue weighted by Crippen LogP contribution is 2.52. The minimum absolute atomic E-state index is 0.249. The lowest BCUT2D eigenvalue weighted by atomic mass is 9.79. The van der Waals surface area contributed by atoms with Crippen molar-refractivity contribution in [3.8, 4) is 22.9 Å². The third-order valence-electron chi connectivity index (χ3n) is 12.0. The minimum atomic E-state index is -1.81. The predicted molar refractivity (Wildman–Crippen MR) is 210 cm³/mol. The van der Waals surface area contributed by atoms with Gasteiger partial charge in [-0.25, -0.2) is 9.78 Å². The fraction of sp³-hybridized carbons (Fsp3) is 0.455. The SMILES string of the molecule is CC(C)[Si](C#Cc1ccc2cc3c(cc2c1)C1OOC3c2cc3cc(C#C[Si](C(C)C)(C(C)C)C(C)C)ccc3cc21)(C(C)C)C(C)C. The summed E-state index contributed by atoms with van der Waals surface area (Å²) < 4.78 is 0. The van der Waals surface area contributed by atoms with Gasteiger partial charge in [0.05, 0.1) is 0 Å². The molecule has 2 heterocycles. The normalized spacial score (nSPS) is 17.4. The van der Waals surface area contributed by atoms with Crippen LogP contribution in [0.5, 0.6) is 0 Å². The maximum Gasteiger partial charge on any atom is 0.146 e. The molecule has 2 atom stereocenters. The Balaban J connectivity index is 1.37. The van der Waals surface area contributed by atoms with E-state index in [9.17, 15) is 0 Å². The van der Waals surface area contributed by atoms with E-state index in [2.05, 4.69) is 167 Å². The van der Waals surface area contributed by atoms with Crippen molar-refractivity contribution in [2.75, 3.05) is 0 Å². The summed E-state index contributed by atoms with van der Waals surface area (Å²) in [6, 6.07) is 22.6. The van der Waals surface area contributed by atoms with Crippen molar-refractivity contribution >= 4 is 37.7 Å². The monoisotopic (exact) mass is 670 g/mol. The van der Waals surface area contributed by atoms with Crippen LogP contribution >= 0.6 is 0 Å². The Kier molecular flexibility index (Phi) is 9.38.